The van der Waals surface area contributed by atoms with Crippen molar-refractivity contribution in [1.82, 2.24) is 9.38 Å². The molecule has 0 spiro atoms. The Morgan fingerprint density at radius 2 is 2.07 bits per heavy atom. The predicted molar refractivity (Wildman–Crippen MR) is 56.0 cm³/mol. The molecule has 0 radical (unpaired) electrons. The lowest BCUT2D eigenvalue weighted by atomic mass is 10.3. The molecule has 1 amide bonds. The van der Waals surface area contributed by atoms with Gasteiger partial charge in [-0.05, 0) is 19.9 Å². The third-order valence-corrected chi connectivity index (χ3v) is 2.40. The van der Waals surface area contributed by atoms with Gasteiger partial charge in [-0.15, -0.1) is 0 Å². The Kier molecular flexibility index (Phi) is 1.89. The van der Waals surface area contributed by atoms with E-state index in [0.717, 1.165) is 0 Å². The van der Waals surface area contributed by atoms with E-state index in [0.29, 0.717) is 16.9 Å². The molecule has 0 fully saturated rings. The van der Waals surface area contributed by atoms with E-state index < -0.39 is 5.91 Å². The molecule has 3 N–H and O–H groups in total. The standard InChI is InChI=1S/C10H11N3O2/c1-5-3-4-7-12-6(2)8(9(11)14)13(7)10(5)15/h3-4,12H,1-2H3,(H2,11,14). The van der Waals surface area contributed by atoms with Gasteiger partial charge in [0.2, 0.25) is 0 Å². The maximum absolute atomic E-state index is 11.8. The van der Waals surface area contributed by atoms with Gasteiger partial charge in [0.15, 0.2) is 0 Å². The summed E-state index contributed by atoms with van der Waals surface area (Å²) < 4.78 is 1.31. The van der Waals surface area contributed by atoms with E-state index in [1.54, 1.807) is 26.0 Å². The first-order valence-corrected chi connectivity index (χ1v) is 4.53. The maximum atomic E-state index is 11.8. The Morgan fingerprint density at radius 3 is 2.67 bits per heavy atom. The lowest BCUT2D eigenvalue weighted by Crippen LogP contribution is -2.23. The number of primary amides is 1. The van der Waals surface area contributed by atoms with Crippen LogP contribution in [-0.2, 0) is 0 Å². The van der Waals surface area contributed by atoms with Crippen molar-refractivity contribution in [3.8, 4) is 0 Å². The van der Waals surface area contributed by atoms with Crippen LogP contribution in [0.1, 0.15) is 21.7 Å². The lowest BCUT2D eigenvalue weighted by Gasteiger charge is -1.98. The fourth-order valence-electron chi connectivity index (χ4n) is 1.67. The van der Waals surface area contributed by atoms with Gasteiger partial charge in [0.1, 0.15) is 11.3 Å². The zero-order valence-electron chi connectivity index (χ0n) is 8.50. The monoisotopic (exact) mass is 205 g/mol. The Balaban J connectivity index is 3.03. The van der Waals surface area contributed by atoms with E-state index in [1.807, 2.05) is 0 Å². The summed E-state index contributed by atoms with van der Waals surface area (Å²) in [4.78, 5) is 25.9. The highest BCUT2D eigenvalue weighted by molar-refractivity contribution is 5.93. The van der Waals surface area contributed by atoms with Gasteiger partial charge in [-0.3, -0.25) is 14.0 Å². The molecule has 0 aliphatic heterocycles. The summed E-state index contributed by atoms with van der Waals surface area (Å²) in [6, 6.07) is 3.45. The summed E-state index contributed by atoms with van der Waals surface area (Å²) in [6.45, 7) is 3.41. The van der Waals surface area contributed by atoms with Crippen LogP contribution in [-0.4, -0.2) is 15.3 Å². The van der Waals surface area contributed by atoms with E-state index in [2.05, 4.69) is 4.98 Å². The van der Waals surface area contributed by atoms with E-state index in [4.69, 9.17) is 5.73 Å². The number of hydrogen-bond donors (Lipinski definition) is 2. The molecule has 5 nitrogen and oxygen atoms in total. The van der Waals surface area contributed by atoms with Crippen LogP contribution < -0.4 is 11.3 Å². The number of aromatic amines is 1. The molecule has 78 valence electrons. The number of amides is 1. The second-order valence-corrected chi connectivity index (χ2v) is 3.51. The summed E-state index contributed by atoms with van der Waals surface area (Å²) in [6.07, 6.45) is 0. The molecule has 0 bridgehead atoms. The quantitative estimate of drug-likeness (QED) is 0.704. The molecule has 15 heavy (non-hydrogen) atoms. The molecule has 0 aliphatic carbocycles. The van der Waals surface area contributed by atoms with Crippen LogP contribution in [0.5, 0.6) is 0 Å². The second-order valence-electron chi connectivity index (χ2n) is 3.51. The van der Waals surface area contributed by atoms with Gasteiger partial charge >= 0.3 is 0 Å². The zero-order chi connectivity index (χ0) is 11.2. The first-order valence-electron chi connectivity index (χ1n) is 4.53. The number of H-pyrrole nitrogens is 1. The van der Waals surface area contributed by atoms with E-state index >= 15 is 0 Å². The topological polar surface area (TPSA) is 80.4 Å². The van der Waals surface area contributed by atoms with Crippen molar-refractivity contribution >= 4 is 11.6 Å². The van der Waals surface area contributed by atoms with Gasteiger partial charge in [-0.25, -0.2) is 0 Å². The summed E-state index contributed by atoms with van der Waals surface area (Å²) in [5.74, 6) is -0.605. The Hall–Kier alpha value is -2.04. The predicted octanol–water partition coefficient (Wildman–Crippen LogP) is 0.343. The molecule has 0 aromatic carbocycles. The van der Waals surface area contributed by atoms with Crippen LogP contribution in [0.25, 0.3) is 5.65 Å². The van der Waals surface area contributed by atoms with Crippen LogP contribution in [0.15, 0.2) is 16.9 Å². The number of imidazole rings is 1. The largest absolute Gasteiger partial charge is 0.364 e. The molecule has 2 heterocycles. The third-order valence-electron chi connectivity index (χ3n) is 2.40. The highest BCUT2D eigenvalue weighted by atomic mass is 16.2. The number of aryl methyl sites for hydroxylation is 2. The number of fused-ring (bicyclic) bond motifs is 1. The molecule has 2 rings (SSSR count). The Bertz CT molecular complexity index is 607. The first-order chi connectivity index (χ1) is 7.02. The van der Waals surface area contributed by atoms with Crippen molar-refractivity contribution in [2.24, 2.45) is 5.73 Å². The fourth-order valence-corrected chi connectivity index (χ4v) is 1.67. The number of aromatic nitrogens is 2. The average molecular weight is 205 g/mol. The molecule has 0 atom stereocenters. The molecule has 0 saturated heterocycles. The van der Waals surface area contributed by atoms with Gasteiger partial charge in [0, 0.05) is 11.3 Å². The summed E-state index contributed by atoms with van der Waals surface area (Å²) in [5.41, 5.74) is 6.99. The number of rotatable bonds is 1. The second kappa shape index (κ2) is 2.98. The zero-order valence-corrected chi connectivity index (χ0v) is 8.50. The third kappa shape index (κ3) is 1.24. The molecular weight excluding hydrogens is 194 g/mol. The van der Waals surface area contributed by atoms with Crippen LogP contribution in [0, 0.1) is 13.8 Å². The minimum Gasteiger partial charge on any atom is -0.364 e. The summed E-state index contributed by atoms with van der Waals surface area (Å²) >= 11 is 0. The normalized spacial score (nSPS) is 10.8. The van der Waals surface area contributed by atoms with Gasteiger partial charge in [0.05, 0.1) is 0 Å². The number of nitrogens with one attached hydrogen (secondary N) is 1. The van der Waals surface area contributed by atoms with Crippen molar-refractivity contribution in [2.45, 2.75) is 13.8 Å². The molecule has 0 aliphatic rings. The number of pyridine rings is 1. The van der Waals surface area contributed by atoms with E-state index in [1.165, 1.54) is 4.40 Å². The number of nitrogens with zero attached hydrogens (tertiary/aromatic N) is 1. The number of hydrogen-bond acceptors (Lipinski definition) is 2. The molecule has 5 heteroatoms. The van der Waals surface area contributed by atoms with Crippen molar-refractivity contribution in [3.63, 3.8) is 0 Å². The maximum Gasteiger partial charge on any atom is 0.267 e. The van der Waals surface area contributed by atoms with Gasteiger partial charge < -0.3 is 10.7 Å². The molecule has 0 unspecified atom stereocenters. The summed E-state index contributed by atoms with van der Waals surface area (Å²) in [5, 5.41) is 0. The highest BCUT2D eigenvalue weighted by Crippen LogP contribution is 2.09. The Morgan fingerprint density at radius 1 is 1.40 bits per heavy atom. The van der Waals surface area contributed by atoms with Gasteiger partial charge in [-0.2, -0.15) is 0 Å². The highest BCUT2D eigenvalue weighted by Gasteiger charge is 2.14. The fraction of sp³-hybridized carbons (Fsp3) is 0.200. The van der Waals surface area contributed by atoms with Gasteiger partial charge in [0.25, 0.3) is 11.5 Å². The number of carbonyl (C=O) groups is 1. The van der Waals surface area contributed by atoms with E-state index in [-0.39, 0.29) is 11.3 Å². The minimum atomic E-state index is -0.605. The van der Waals surface area contributed by atoms with Crippen LogP contribution in [0.3, 0.4) is 0 Å². The number of carbonyl (C=O) groups excluding carboxylic acids is 1. The van der Waals surface area contributed by atoms with Crippen molar-refractivity contribution in [2.75, 3.05) is 0 Å². The van der Waals surface area contributed by atoms with Crippen LogP contribution in [0.4, 0.5) is 0 Å². The van der Waals surface area contributed by atoms with Crippen molar-refractivity contribution < 1.29 is 4.79 Å². The smallest absolute Gasteiger partial charge is 0.267 e. The SMILES string of the molecule is Cc1[nH]c2ccc(C)c(=O)n2c1C(N)=O. The lowest BCUT2D eigenvalue weighted by molar-refractivity contribution is 0.0994. The molecular formula is C10H11N3O2. The van der Waals surface area contributed by atoms with Crippen LogP contribution >= 0.6 is 0 Å². The minimum absolute atomic E-state index is 0.217. The van der Waals surface area contributed by atoms with Crippen molar-refractivity contribution in [1.29, 1.82) is 0 Å². The molecule has 2 aromatic rings. The van der Waals surface area contributed by atoms with Gasteiger partial charge in [-0.1, -0.05) is 6.07 Å². The molecule has 2 aromatic heterocycles. The Labute approximate surface area is 85.5 Å². The number of nitrogens with two attached hydrogens (primary N) is 1. The van der Waals surface area contributed by atoms with E-state index in [9.17, 15) is 9.59 Å². The average Bonchev–Trinajstić information content (AvgIpc) is 2.49. The van der Waals surface area contributed by atoms with Crippen molar-refractivity contribution in [3.05, 3.63) is 39.4 Å². The van der Waals surface area contributed by atoms with Crippen LogP contribution in [0.2, 0.25) is 0 Å². The summed E-state index contributed by atoms with van der Waals surface area (Å²) in [7, 11) is 0. The first kappa shape index (κ1) is 9.51. The molecule has 0 saturated carbocycles.